The molecule has 1 saturated heterocycles. The fraction of sp³-hybridized carbons (Fsp3) is 0.400. The van der Waals surface area contributed by atoms with Crippen LogP contribution < -0.4 is 5.73 Å². The molecule has 1 heterocycles. The largest absolute Gasteiger partial charge is 0.380 e. The summed E-state index contributed by atoms with van der Waals surface area (Å²) >= 11 is 0. The number of nitrogens with zero attached hydrogens (tertiary/aromatic N) is 1. The number of methoxy groups -OCH3 is 1. The summed E-state index contributed by atoms with van der Waals surface area (Å²) in [6.07, 6.45) is 0. The van der Waals surface area contributed by atoms with E-state index in [4.69, 9.17) is 10.5 Å². The summed E-state index contributed by atoms with van der Waals surface area (Å²) in [4.78, 5) is 2.53. The van der Waals surface area contributed by atoms with Crippen LogP contribution in [0.4, 0.5) is 0 Å². The number of likely N-dealkylation sites (tertiary alicyclic amines) is 1. The molecular weight excluding hydrogens is 284 g/mol. The van der Waals surface area contributed by atoms with E-state index in [-0.39, 0.29) is 0 Å². The monoisotopic (exact) mass is 310 g/mol. The first kappa shape index (κ1) is 16.2. The second-order valence-corrected chi connectivity index (χ2v) is 6.46. The summed E-state index contributed by atoms with van der Waals surface area (Å²) in [5.74, 6) is 1.09. The number of hydrogen-bond acceptors (Lipinski definition) is 3. The summed E-state index contributed by atoms with van der Waals surface area (Å²) in [5, 5.41) is 0. The number of ether oxygens (including phenoxy) is 1. The molecule has 0 spiro atoms. The van der Waals surface area contributed by atoms with Crippen molar-refractivity contribution < 1.29 is 4.74 Å². The normalized spacial score (nSPS) is 21.7. The molecule has 0 unspecified atom stereocenters. The molecule has 3 heteroatoms. The van der Waals surface area contributed by atoms with E-state index in [0.29, 0.717) is 18.4 Å². The third-order valence-electron chi connectivity index (χ3n) is 4.76. The van der Waals surface area contributed by atoms with Gasteiger partial charge in [0, 0.05) is 32.7 Å². The van der Waals surface area contributed by atoms with Crippen molar-refractivity contribution >= 4 is 0 Å². The van der Waals surface area contributed by atoms with E-state index in [9.17, 15) is 0 Å². The molecule has 2 aromatic rings. The molecule has 0 saturated carbocycles. The van der Waals surface area contributed by atoms with Gasteiger partial charge in [0.05, 0.1) is 6.61 Å². The summed E-state index contributed by atoms with van der Waals surface area (Å²) in [5.41, 5.74) is 10.0. The topological polar surface area (TPSA) is 38.5 Å². The Morgan fingerprint density at radius 3 is 2.57 bits per heavy atom. The van der Waals surface area contributed by atoms with Gasteiger partial charge in [-0.15, -0.1) is 0 Å². The zero-order valence-electron chi connectivity index (χ0n) is 13.8. The number of nitrogens with two attached hydrogens (primary N) is 1. The van der Waals surface area contributed by atoms with E-state index >= 15 is 0 Å². The van der Waals surface area contributed by atoms with Crippen molar-refractivity contribution in [3.05, 3.63) is 71.3 Å². The van der Waals surface area contributed by atoms with Crippen molar-refractivity contribution in [3.63, 3.8) is 0 Å². The first-order valence-corrected chi connectivity index (χ1v) is 8.34. The van der Waals surface area contributed by atoms with Gasteiger partial charge in [-0.2, -0.15) is 0 Å². The summed E-state index contributed by atoms with van der Waals surface area (Å²) in [6.45, 7) is 4.56. The summed E-state index contributed by atoms with van der Waals surface area (Å²) < 4.78 is 5.23. The second-order valence-electron chi connectivity index (χ2n) is 6.46. The lowest BCUT2D eigenvalue weighted by atomic mass is 9.89. The first-order chi connectivity index (χ1) is 11.3. The van der Waals surface area contributed by atoms with Gasteiger partial charge >= 0.3 is 0 Å². The smallest absolute Gasteiger partial charge is 0.0713 e. The highest BCUT2D eigenvalue weighted by molar-refractivity contribution is 5.25. The van der Waals surface area contributed by atoms with Crippen LogP contribution in [-0.2, 0) is 17.9 Å². The highest BCUT2D eigenvalue weighted by atomic mass is 16.5. The van der Waals surface area contributed by atoms with Gasteiger partial charge in [0.15, 0.2) is 0 Å². The SMILES string of the molecule is COCc1cccc(CN2C[C@@H](CN)[C@H](c3ccccc3)C2)c1. The van der Waals surface area contributed by atoms with Crippen LogP contribution in [0.25, 0.3) is 0 Å². The number of benzene rings is 2. The molecule has 2 N–H and O–H groups in total. The first-order valence-electron chi connectivity index (χ1n) is 8.34. The Kier molecular flexibility index (Phi) is 5.44. The van der Waals surface area contributed by atoms with Crippen LogP contribution in [0.3, 0.4) is 0 Å². The van der Waals surface area contributed by atoms with Crippen molar-refractivity contribution in [1.82, 2.24) is 4.90 Å². The van der Waals surface area contributed by atoms with E-state index in [1.54, 1.807) is 7.11 Å². The molecular formula is C20H26N2O. The summed E-state index contributed by atoms with van der Waals surface area (Å²) in [7, 11) is 1.74. The Hall–Kier alpha value is -1.68. The minimum atomic E-state index is 0.541. The van der Waals surface area contributed by atoms with Crippen LogP contribution in [0.15, 0.2) is 54.6 Å². The van der Waals surface area contributed by atoms with Crippen LogP contribution in [0.1, 0.15) is 22.6 Å². The Morgan fingerprint density at radius 1 is 1.04 bits per heavy atom. The van der Waals surface area contributed by atoms with Crippen LogP contribution in [0, 0.1) is 5.92 Å². The minimum absolute atomic E-state index is 0.541. The zero-order chi connectivity index (χ0) is 16.1. The van der Waals surface area contributed by atoms with Crippen LogP contribution in [0.5, 0.6) is 0 Å². The Morgan fingerprint density at radius 2 is 1.83 bits per heavy atom. The van der Waals surface area contributed by atoms with Crippen molar-refractivity contribution in [2.24, 2.45) is 11.7 Å². The van der Waals surface area contributed by atoms with E-state index < -0.39 is 0 Å². The van der Waals surface area contributed by atoms with Gasteiger partial charge in [-0.3, -0.25) is 4.90 Å². The number of hydrogen-bond donors (Lipinski definition) is 1. The Balaban J connectivity index is 1.69. The molecule has 1 fully saturated rings. The van der Waals surface area contributed by atoms with Gasteiger partial charge in [0.2, 0.25) is 0 Å². The van der Waals surface area contributed by atoms with Crippen LogP contribution in [0.2, 0.25) is 0 Å². The minimum Gasteiger partial charge on any atom is -0.380 e. The van der Waals surface area contributed by atoms with Crippen molar-refractivity contribution in [1.29, 1.82) is 0 Å². The molecule has 1 aliphatic rings. The van der Waals surface area contributed by atoms with Gasteiger partial charge < -0.3 is 10.5 Å². The fourth-order valence-electron chi connectivity index (χ4n) is 3.65. The Labute approximate surface area is 139 Å². The summed E-state index contributed by atoms with van der Waals surface area (Å²) in [6, 6.07) is 19.5. The molecule has 0 bridgehead atoms. The molecule has 0 amide bonds. The fourth-order valence-corrected chi connectivity index (χ4v) is 3.65. The van der Waals surface area contributed by atoms with Crippen molar-refractivity contribution in [2.45, 2.75) is 19.1 Å². The molecule has 0 aromatic heterocycles. The molecule has 3 rings (SSSR count). The maximum Gasteiger partial charge on any atom is 0.0713 e. The molecule has 2 aromatic carbocycles. The lowest BCUT2D eigenvalue weighted by molar-refractivity contribution is 0.184. The molecule has 122 valence electrons. The number of rotatable bonds is 6. The zero-order valence-corrected chi connectivity index (χ0v) is 13.8. The third-order valence-corrected chi connectivity index (χ3v) is 4.76. The van der Waals surface area contributed by atoms with Gasteiger partial charge in [-0.25, -0.2) is 0 Å². The van der Waals surface area contributed by atoms with Crippen LogP contribution >= 0.6 is 0 Å². The molecule has 1 aliphatic heterocycles. The van der Waals surface area contributed by atoms with Crippen molar-refractivity contribution in [3.8, 4) is 0 Å². The van der Waals surface area contributed by atoms with Crippen LogP contribution in [-0.4, -0.2) is 31.6 Å². The second kappa shape index (κ2) is 7.73. The van der Waals surface area contributed by atoms with E-state index in [0.717, 1.165) is 26.2 Å². The lowest BCUT2D eigenvalue weighted by Gasteiger charge is -2.17. The third kappa shape index (κ3) is 3.99. The average Bonchev–Trinajstić information content (AvgIpc) is 2.99. The van der Waals surface area contributed by atoms with Gasteiger partial charge in [0.1, 0.15) is 0 Å². The van der Waals surface area contributed by atoms with E-state index in [1.807, 2.05) is 0 Å². The predicted octanol–water partition coefficient (Wildman–Crippen LogP) is 3.01. The Bertz CT molecular complexity index is 614. The van der Waals surface area contributed by atoms with Gasteiger partial charge in [0.25, 0.3) is 0 Å². The standard InChI is InChI=1S/C20H26N2O/c1-23-15-17-7-5-6-16(10-17)12-22-13-19(11-21)20(14-22)18-8-3-2-4-9-18/h2-10,19-20H,11-15,21H2,1H3/t19-,20+/m1/s1. The molecule has 3 nitrogen and oxygen atoms in total. The van der Waals surface area contributed by atoms with E-state index in [1.165, 1.54) is 16.7 Å². The molecule has 23 heavy (non-hydrogen) atoms. The predicted molar refractivity (Wildman–Crippen MR) is 94.2 cm³/mol. The van der Waals surface area contributed by atoms with Gasteiger partial charge in [-0.1, -0.05) is 54.6 Å². The lowest BCUT2D eigenvalue weighted by Crippen LogP contribution is -2.23. The van der Waals surface area contributed by atoms with E-state index in [2.05, 4.69) is 59.5 Å². The highest BCUT2D eigenvalue weighted by Crippen LogP contribution is 2.32. The molecule has 0 aliphatic carbocycles. The van der Waals surface area contributed by atoms with Gasteiger partial charge in [-0.05, 0) is 29.2 Å². The average molecular weight is 310 g/mol. The quantitative estimate of drug-likeness (QED) is 0.891. The van der Waals surface area contributed by atoms with Crippen molar-refractivity contribution in [2.75, 3.05) is 26.7 Å². The highest BCUT2D eigenvalue weighted by Gasteiger charge is 2.32. The maximum absolute atomic E-state index is 6.04. The molecule has 2 atom stereocenters. The maximum atomic E-state index is 6.04. The molecule has 0 radical (unpaired) electrons.